The summed E-state index contributed by atoms with van der Waals surface area (Å²) in [6, 6.07) is 0. The summed E-state index contributed by atoms with van der Waals surface area (Å²) in [7, 11) is -4.22. The molecule has 0 rings (SSSR count). The lowest BCUT2D eigenvalue weighted by atomic mass is 9.82. The lowest BCUT2D eigenvalue weighted by Crippen LogP contribution is -2.39. The highest BCUT2D eigenvalue weighted by atomic mass is 32.3. The molecule has 5 nitrogen and oxygen atoms in total. The fraction of sp³-hybridized carbons (Fsp3) is 1.00. The molecule has 0 unspecified atom stereocenters. The molecule has 39 heavy (non-hydrogen) atoms. The van der Waals surface area contributed by atoms with Crippen LogP contribution in [-0.4, -0.2) is 25.1 Å². The molecule has 6 heteroatoms. The number of nitrogens with two attached hydrogens (primary N) is 1. The van der Waals surface area contributed by atoms with Crippen molar-refractivity contribution in [2.45, 2.75) is 207 Å². The smallest absolute Gasteiger partial charge is 0.325 e. The van der Waals surface area contributed by atoms with Crippen LogP contribution in [0.25, 0.3) is 0 Å². The highest BCUT2D eigenvalue weighted by molar-refractivity contribution is 7.80. The lowest BCUT2D eigenvalue weighted by Gasteiger charge is -2.30. The van der Waals surface area contributed by atoms with E-state index in [1.807, 2.05) is 0 Å². The summed E-state index contributed by atoms with van der Waals surface area (Å²) in [5.41, 5.74) is 7.06. The molecule has 0 aromatic rings. The molecule has 0 spiro atoms. The zero-order valence-electron chi connectivity index (χ0n) is 27.0. The largest absolute Gasteiger partial charge is 0.397 e. The SMILES string of the molecule is CCCCCCCCC(N)(CCCCCCCC)CCCCCCCC.CCCCCCCCOS(=O)(=O)O. The molecule has 0 saturated heterocycles. The maximum Gasteiger partial charge on any atom is 0.397 e. The van der Waals surface area contributed by atoms with Gasteiger partial charge in [0.05, 0.1) is 6.61 Å². The molecule has 0 atom stereocenters. The Kier molecular flexibility index (Phi) is 32.3. The normalized spacial score (nSPS) is 11.9. The van der Waals surface area contributed by atoms with Gasteiger partial charge in [0.15, 0.2) is 0 Å². The van der Waals surface area contributed by atoms with Gasteiger partial charge in [0.2, 0.25) is 0 Å². The van der Waals surface area contributed by atoms with Crippen molar-refractivity contribution in [2.24, 2.45) is 5.73 Å². The van der Waals surface area contributed by atoms with Gasteiger partial charge in [0.25, 0.3) is 0 Å². The highest BCUT2D eigenvalue weighted by Crippen LogP contribution is 2.27. The number of rotatable bonds is 29. The Labute approximate surface area is 246 Å². The van der Waals surface area contributed by atoms with Crippen LogP contribution in [0.2, 0.25) is 0 Å². The maximum absolute atomic E-state index is 10.1. The summed E-state index contributed by atoms with van der Waals surface area (Å²) in [5.74, 6) is 0. The van der Waals surface area contributed by atoms with Crippen LogP contribution < -0.4 is 5.73 Å². The molecule has 0 aromatic heterocycles. The molecule has 0 amide bonds. The second-order valence-corrected chi connectivity index (χ2v) is 13.0. The minimum absolute atomic E-state index is 0.0883. The molecule has 0 saturated carbocycles. The quantitative estimate of drug-likeness (QED) is 0.0681. The van der Waals surface area contributed by atoms with Crippen LogP contribution >= 0.6 is 0 Å². The fourth-order valence-electron chi connectivity index (χ4n) is 5.19. The number of hydrogen-bond donors (Lipinski definition) is 2. The van der Waals surface area contributed by atoms with Gasteiger partial charge in [0, 0.05) is 5.54 Å². The van der Waals surface area contributed by atoms with E-state index in [1.165, 1.54) is 154 Å². The van der Waals surface area contributed by atoms with Crippen LogP contribution in [0.15, 0.2) is 0 Å². The van der Waals surface area contributed by atoms with Gasteiger partial charge in [0.1, 0.15) is 0 Å². The van der Waals surface area contributed by atoms with Crippen molar-refractivity contribution in [1.29, 1.82) is 0 Å². The van der Waals surface area contributed by atoms with Gasteiger partial charge in [-0.25, -0.2) is 4.18 Å². The molecule has 0 aliphatic rings. The Morgan fingerprint density at radius 2 is 0.744 bits per heavy atom. The Morgan fingerprint density at radius 1 is 0.487 bits per heavy atom. The Bertz CT molecular complexity index is 527. The second kappa shape index (κ2) is 30.8. The van der Waals surface area contributed by atoms with Crippen molar-refractivity contribution in [3.8, 4) is 0 Å². The molecule has 0 fully saturated rings. The summed E-state index contributed by atoms with van der Waals surface area (Å²) >= 11 is 0. The van der Waals surface area contributed by atoms with Gasteiger partial charge in [-0.05, 0) is 25.7 Å². The predicted octanol–water partition coefficient (Wildman–Crippen LogP) is 11.1. The van der Waals surface area contributed by atoms with Crippen molar-refractivity contribution in [1.82, 2.24) is 0 Å². The Morgan fingerprint density at radius 3 is 1.03 bits per heavy atom. The molecule has 238 valence electrons. The predicted molar refractivity (Wildman–Crippen MR) is 172 cm³/mol. The summed E-state index contributed by atoms with van der Waals surface area (Å²) < 4.78 is 32.6. The summed E-state index contributed by atoms with van der Waals surface area (Å²) in [6.07, 6.45) is 35.1. The van der Waals surface area contributed by atoms with E-state index in [9.17, 15) is 8.42 Å². The van der Waals surface area contributed by atoms with E-state index in [4.69, 9.17) is 10.3 Å². The van der Waals surface area contributed by atoms with Crippen LogP contribution in [0.5, 0.6) is 0 Å². The van der Waals surface area contributed by atoms with Gasteiger partial charge in [-0.1, -0.05) is 175 Å². The van der Waals surface area contributed by atoms with Crippen molar-refractivity contribution in [3.05, 3.63) is 0 Å². The second-order valence-electron chi connectivity index (χ2n) is 11.9. The van der Waals surface area contributed by atoms with E-state index in [1.54, 1.807) is 0 Å². The third-order valence-electron chi connectivity index (χ3n) is 7.81. The fourth-order valence-corrected chi connectivity index (χ4v) is 5.52. The highest BCUT2D eigenvalue weighted by Gasteiger charge is 2.23. The monoisotopic (exact) mass is 578 g/mol. The topological polar surface area (TPSA) is 89.6 Å². The van der Waals surface area contributed by atoms with Crippen LogP contribution in [0.3, 0.4) is 0 Å². The third kappa shape index (κ3) is 35.8. The summed E-state index contributed by atoms with van der Waals surface area (Å²) in [4.78, 5) is 0. The van der Waals surface area contributed by atoms with Crippen molar-refractivity contribution in [2.75, 3.05) is 6.61 Å². The van der Waals surface area contributed by atoms with Crippen molar-refractivity contribution >= 4 is 10.4 Å². The van der Waals surface area contributed by atoms with Gasteiger partial charge >= 0.3 is 10.4 Å². The summed E-state index contributed by atoms with van der Waals surface area (Å²) in [5, 5.41) is 0. The molecule has 0 bridgehead atoms. The number of hydrogen-bond acceptors (Lipinski definition) is 4. The van der Waals surface area contributed by atoms with E-state index in [2.05, 4.69) is 31.9 Å². The Balaban J connectivity index is 0. The van der Waals surface area contributed by atoms with E-state index < -0.39 is 10.4 Å². The van der Waals surface area contributed by atoms with Crippen LogP contribution in [0.4, 0.5) is 0 Å². The first kappa shape index (κ1) is 41.0. The first-order chi connectivity index (χ1) is 18.7. The van der Waals surface area contributed by atoms with Gasteiger partial charge < -0.3 is 5.73 Å². The molecule has 0 heterocycles. The molecule has 0 aliphatic carbocycles. The molecule has 0 radical (unpaired) electrons. The third-order valence-corrected chi connectivity index (χ3v) is 8.28. The van der Waals surface area contributed by atoms with Crippen molar-refractivity contribution < 1.29 is 17.2 Å². The molecular formula is C33H71NO4S. The van der Waals surface area contributed by atoms with E-state index in [0.29, 0.717) is 6.42 Å². The van der Waals surface area contributed by atoms with E-state index >= 15 is 0 Å². The van der Waals surface area contributed by atoms with Gasteiger partial charge in [-0.3, -0.25) is 4.55 Å². The zero-order valence-corrected chi connectivity index (χ0v) is 27.8. The summed E-state index contributed by atoms with van der Waals surface area (Å²) in [6.45, 7) is 9.12. The van der Waals surface area contributed by atoms with Crippen molar-refractivity contribution in [3.63, 3.8) is 0 Å². The lowest BCUT2D eigenvalue weighted by molar-refractivity contribution is 0.261. The molecule has 3 N–H and O–H groups in total. The van der Waals surface area contributed by atoms with Crippen LogP contribution in [0.1, 0.15) is 201 Å². The van der Waals surface area contributed by atoms with Crippen LogP contribution in [-0.2, 0) is 14.6 Å². The molecular weight excluding hydrogens is 506 g/mol. The average Bonchev–Trinajstić information content (AvgIpc) is 2.89. The molecule has 0 aromatic carbocycles. The average molecular weight is 578 g/mol. The Hall–Kier alpha value is -0.170. The maximum atomic E-state index is 10.1. The number of unbranched alkanes of at least 4 members (excludes halogenated alkanes) is 20. The van der Waals surface area contributed by atoms with Crippen LogP contribution in [0, 0.1) is 0 Å². The van der Waals surface area contributed by atoms with Gasteiger partial charge in [-0.2, -0.15) is 8.42 Å². The first-order valence-electron chi connectivity index (χ1n) is 17.1. The minimum Gasteiger partial charge on any atom is -0.325 e. The standard InChI is InChI=1S/C25H53N.C8H18O4S/c1-4-7-10-13-16-19-22-25(26,23-20-17-14-11-8-5-2)24-21-18-15-12-9-6-3;1-2-3-4-5-6-7-8-12-13(9,10)11/h4-24,26H2,1-3H3;2-8H2,1H3,(H,9,10,11). The van der Waals surface area contributed by atoms with E-state index in [0.717, 1.165) is 12.8 Å². The first-order valence-corrected chi connectivity index (χ1v) is 18.5. The zero-order chi connectivity index (χ0) is 29.5. The molecule has 0 aliphatic heterocycles. The van der Waals surface area contributed by atoms with Gasteiger partial charge in [-0.15, -0.1) is 0 Å². The minimum atomic E-state index is -4.22. The van der Waals surface area contributed by atoms with E-state index in [-0.39, 0.29) is 12.1 Å².